The number of aryl methyl sites for hydroxylation is 1. The Labute approximate surface area is 236 Å². The summed E-state index contributed by atoms with van der Waals surface area (Å²) in [5.74, 6) is -1.45. The number of hydrogen-bond acceptors (Lipinski definition) is 9. The molecule has 1 unspecified atom stereocenters. The van der Waals surface area contributed by atoms with Gasteiger partial charge in [-0.3, -0.25) is 14.5 Å². The van der Waals surface area contributed by atoms with Crippen molar-refractivity contribution in [3.05, 3.63) is 88.5 Å². The summed E-state index contributed by atoms with van der Waals surface area (Å²) in [6.45, 7) is 10.1. The van der Waals surface area contributed by atoms with E-state index in [0.29, 0.717) is 41.5 Å². The highest BCUT2D eigenvalue weighted by molar-refractivity contribution is 7.17. The number of aromatic nitrogens is 1. The van der Waals surface area contributed by atoms with E-state index in [-0.39, 0.29) is 27.9 Å². The fourth-order valence-corrected chi connectivity index (χ4v) is 5.20. The van der Waals surface area contributed by atoms with Gasteiger partial charge in [0.2, 0.25) is 0 Å². The van der Waals surface area contributed by atoms with E-state index >= 15 is 0 Å². The van der Waals surface area contributed by atoms with Crippen molar-refractivity contribution < 1.29 is 33.7 Å². The zero-order valence-electron chi connectivity index (χ0n) is 22.5. The predicted molar refractivity (Wildman–Crippen MR) is 152 cm³/mol. The summed E-state index contributed by atoms with van der Waals surface area (Å²) >= 11 is 0.937. The summed E-state index contributed by atoms with van der Waals surface area (Å²) in [6.07, 6.45) is 2.29. The molecule has 1 fully saturated rings. The highest BCUT2D eigenvalue weighted by Gasteiger charge is 2.48. The first kappa shape index (κ1) is 28.6. The summed E-state index contributed by atoms with van der Waals surface area (Å²) < 4.78 is 16.3. The summed E-state index contributed by atoms with van der Waals surface area (Å²) in [4.78, 5) is 45.3. The Bertz CT molecular complexity index is 1440. The molecular formula is C30H30N2O7S. The van der Waals surface area contributed by atoms with E-state index in [0.717, 1.165) is 17.8 Å². The number of hydrogen-bond donors (Lipinski definition) is 1. The van der Waals surface area contributed by atoms with Gasteiger partial charge < -0.3 is 19.3 Å². The van der Waals surface area contributed by atoms with Gasteiger partial charge in [-0.1, -0.05) is 43.0 Å². The van der Waals surface area contributed by atoms with Gasteiger partial charge >= 0.3 is 11.9 Å². The maximum Gasteiger partial charge on any atom is 0.350 e. The van der Waals surface area contributed by atoms with Crippen molar-refractivity contribution in [1.29, 1.82) is 0 Å². The zero-order chi connectivity index (χ0) is 28.8. The third-order valence-corrected chi connectivity index (χ3v) is 7.20. The second-order valence-corrected chi connectivity index (χ2v) is 9.82. The van der Waals surface area contributed by atoms with Gasteiger partial charge in [0.05, 0.1) is 30.5 Å². The van der Waals surface area contributed by atoms with Crippen LogP contribution in [0.15, 0.2) is 66.8 Å². The molecule has 1 amide bonds. The minimum atomic E-state index is -1.01. The molecule has 208 valence electrons. The molecule has 0 spiro atoms. The van der Waals surface area contributed by atoms with E-state index in [1.807, 2.05) is 13.8 Å². The van der Waals surface area contributed by atoms with Crippen LogP contribution in [0.2, 0.25) is 0 Å². The molecule has 4 rings (SSSR count). The number of esters is 1. The summed E-state index contributed by atoms with van der Waals surface area (Å²) in [5.41, 5.74) is 1.15. The van der Waals surface area contributed by atoms with E-state index in [4.69, 9.17) is 14.2 Å². The van der Waals surface area contributed by atoms with Gasteiger partial charge in [-0.25, -0.2) is 9.78 Å². The number of ether oxygens (including phenoxy) is 3. The van der Waals surface area contributed by atoms with E-state index in [2.05, 4.69) is 11.6 Å². The highest BCUT2D eigenvalue weighted by atomic mass is 32.1. The quantitative estimate of drug-likeness (QED) is 0.105. The Kier molecular flexibility index (Phi) is 9.00. The molecule has 9 nitrogen and oxygen atoms in total. The fourth-order valence-electron chi connectivity index (χ4n) is 4.22. The van der Waals surface area contributed by atoms with Gasteiger partial charge in [0, 0.05) is 5.56 Å². The third kappa shape index (κ3) is 5.76. The number of rotatable bonds is 11. The van der Waals surface area contributed by atoms with E-state index in [1.54, 1.807) is 55.5 Å². The molecule has 2 heterocycles. The SMILES string of the molecule is C=CCOC(=O)c1sc(N2C(=O)C(=O)/C(=C(/O)c3ccc(OCCC)cc3)C2c2ccc(OCC)cc2)nc1C. The number of ketones is 1. The minimum Gasteiger partial charge on any atom is -0.507 e. The molecule has 0 radical (unpaired) electrons. The molecule has 1 N–H and O–H groups in total. The molecule has 3 aromatic rings. The molecule has 0 bridgehead atoms. The fraction of sp³-hybridized carbons (Fsp3) is 0.267. The highest BCUT2D eigenvalue weighted by Crippen LogP contribution is 2.44. The second-order valence-electron chi connectivity index (χ2n) is 8.84. The monoisotopic (exact) mass is 562 g/mol. The number of amides is 1. The summed E-state index contributed by atoms with van der Waals surface area (Å²) in [7, 11) is 0. The molecule has 2 aromatic carbocycles. The van der Waals surface area contributed by atoms with Gasteiger partial charge in [0.25, 0.3) is 5.78 Å². The first-order chi connectivity index (χ1) is 19.3. The van der Waals surface area contributed by atoms with Crippen LogP contribution in [-0.2, 0) is 14.3 Å². The van der Waals surface area contributed by atoms with Crippen LogP contribution in [0.3, 0.4) is 0 Å². The lowest BCUT2D eigenvalue weighted by atomic mass is 9.95. The number of carbonyl (C=O) groups is 3. The van der Waals surface area contributed by atoms with Crippen molar-refractivity contribution in [2.75, 3.05) is 24.7 Å². The van der Waals surface area contributed by atoms with E-state index in [9.17, 15) is 19.5 Å². The van der Waals surface area contributed by atoms with Crippen LogP contribution in [0, 0.1) is 6.92 Å². The van der Waals surface area contributed by atoms with Crippen LogP contribution in [0.5, 0.6) is 11.5 Å². The number of nitrogens with zero attached hydrogens (tertiary/aromatic N) is 2. The van der Waals surface area contributed by atoms with Crippen molar-refractivity contribution in [3.8, 4) is 11.5 Å². The molecule has 1 saturated heterocycles. The zero-order valence-corrected chi connectivity index (χ0v) is 23.3. The van der Waals surface area contributed by atoms with Crippen molar-refractivity contribution in [1.82, 2.24) is 4.98 Å². The standard InChI is InChI=1S/C30H30N2O7S/c1-5-16-38-22-14-10-20(11-15-22)25(33)23-24(19-8-12-21(13-9-19)37-7-3)32(28(35)26(23)34)30-31-18(4)27(40-30)29(36)39-17-6-2/h6,8-15,24,33H,2,5,7,16-17H2,1,3-4H3/b25-23+. The number of carbonyl (C=O) groups excluding carboxylic acids is 3. The van der Waals surface area contributed by atoms with Crippen molar-refractivity contribution in [3.63, 3.8) is 0 Å². The molecule has 1 atom stereocenters. The molecule has 1 aliphatic rings. The van der Waals surface area contributed by atoms with Gasteiger partial charge in [0.15, 0.2) is 5.13 Å². The average Bonchev–Trinajstić information content (AvgIpc) is 3.47. The Morgan fingerprint density at radius 1 is 1.07 bits per heavy atom. The number of aliphatic hydroxyl groups excluding tert-OH is 1. The first-order valence-electron chi connectivity index (χ1n) is 12.8. The van der Waals surface area contributed by atoms with Crippen LogP contribution in [0.25, 0.3) is 5.76 Å². The van der Waals surface area contributed by atoms with Crippen molar-refractivity contribution in [2.45, 2.75) is 33.2 Å². The number of Topliss-reactive ketones (excluding diaryl/α,β-unsaturated/α-hetero) is 1. The Morgan fingerprint density at radius 2 is 1.73 bits per heavy atom. The largest absolute Gasteiger partial charge is 0.507 e. The lowest BCUT2D eigenvalue weighted by Gasteiger charge is -2.23. The van der Waals surface area contributed by atoms with Crippen molar-refractivity contribution >= 4 is 39.9 Å². The third-order valence-electron chi connectivity index (χ3n) is 6.06. The predicted octanol–water partition coefficient (Wildman–Crippen LogP) is 5.61. The lowest BCUT2D eigenvalue weighted by molar-refractivity contribution is -0.132. The number of benzene rings is 2. The maximum atomic E-state index is 13.5. The van der Waals surface area contributed by atoms with Crippen LogP contribution in [0.4, 0.5) is 5.13 Å². The normalized spacial score (nSPS) is 16.2. The Morgan fingerprint density at radius 3 is 2.35 bits per heavy atom. The number of thiazole rings is 1. The molecule has 0 aliphatic carbocycles. The molecule has 10 heteroatoms. The first-order valence-corrected chi connectivity index (χ1v) is 13.6. The minimum absolute atomic E-state index is 0.0183. The second kappa shape index (κ2) is 12.6. The smallest absolute Gasteiger partial charge is 0.350 e. The molecule has 0 saturated carbocycles. The van der Waals surface area contributed by atoms with Crippen LogP contribution in [0.1, 0.15) is 52.8 Å². The van der Waals surface area contributed by atoms with Gasteiger partial charge in [-0.15, -0.1) is 0 Å². The van der Waals surface area contributed by atoms with Crippen molar-refractivity contribution in [2.24, 2.45) is 0 Å². The molecule has 40 heavy (non-hydrogen) atoms. The number of aliphatic hydroxyl groups is 1. The van der Waals surface area contributed by atoms with Crippen LogP contribution < -0.4 is 14.4 Å². The maximum absolute atomic E-state index is 13.5. The summed E-state index contributed by atoms with van der Waals surface area (Å²) in [6, 6.07) is 12.5. The summed E-state index contributed by atoms with van der Waals surface area (Å²) in [5, 5.41) is 11.5. The molecular weight excluding hydrogens is 532 g/mol. The molecule has 1 aromatic heterocycles. The Balaban J connectivity index is 1.82. The van der Waals surface area contributed by atoms with Crippen LogP contribution in [-0.4, -0.2) is 47.6 Å². The van der Waals surface area contributed by atoms with E-state index in [1.165, 1.54) is 11.0 Å². The Hall–Kier alpha value is -4.44. The van der Waals surface area contributed by atoms with Gasteiger partial charge in [-0.05, 0) is 62.2 Å². The molecule has 1 aliphatic heterocycles. The van der Waals surface area contributed by atoms with Gasteiger partial charge in [0.1, 0.15) is 28.7 Å². The van der Waals surface area contributed by atoms with E-state index < -0.39 is 23.7 Å². The van der Waals surface area contributed by atoms with Gasteiger partial charge in [-0.2, -0.15) is 0 Å². The number of anilines is 1. The van der Waals surface area contributed by atoms with Crippen LogP contribution >= 0.6 is 11.3 Å². The lowest BCUT2D eigenvalue weighted by Crippen LogP contribution is -2.29. The topological polar surface area (TPSA) is 115 Å². The average molecular weight is 563 g/mol.